The molecular weight excluding hydrogens is 100 g/mol. The maximum absolute atomic E-state index is 10.6. The summed E-state index contributed by atoms with van der Waals surface area (Å²) >= 11 is 0. The van der Waals surface area contributed by atoms with E-state index >= 15 is 0 Å². The van der Waals surface area contributed by atoms with Crippen molar-refractivity contribution in [2.45, 2.75) is 19.8 Å². The lowest BCUT2D eigenvalue weighted by Crippen LogP contribution is -2.02. The molecule has 0 aromatic carbocycles. The van der Waals surface area contributed by atoms with E-state index in [1.165, 1.54) is 0 Å². The first-order valence-electron chi connectivity index (χ1n) is 2.98. The van der Waals surface area contributed by atoms with Crippen LogP contribution in [0.1, 0.15) is 19.8 Å². The minimum atomic E-state index is 0.245. The molecule has 1 nitrogen and oxygen atoms in total. The SMILES string of the molecule is CC(=O)[C@@H]1C=CCC1. The third-order valence-electron chi connectivity index (χ3n) is 1.53. The Morgan fingerprint density at radius 2 is 2.50 bits per heavy atom. The summed E-state index contributed by atoms with van der Waals surface area (Å²) in [7, 11) is 0. The van der Waals surface area contributed by atoms with Crippen molar-refractivity contribution in [3.05, 3.63) is 12.2 Å². The van der Waals surface area contributed by atoms with Gasteiger partial charge in [-0.2, -0.15) is 0 Å². The quantitative estimate of drug-likeness (QED) is 0.468. The van der Waals surface area contributed by atoms with Crippen molar-refractivity contribution < 1.29 is 4.79 Å². The van der Waals surface area contributed by atoms with Crippen LogP contribution in [-0.4, -0.2) is 5.78 Å². The summed E-state index contributed by atoms with van der Waals surface area (Å²) in [5, 5.41) is 0. The molecule has 0 bridgehead atoms. The van der Waals surface area contributed by atoms with Crippen LogP contribution in [-0.2, 0) is 4.79 Å². The zero-order chi connectivity index (χ0) is 5.98. The molecule has 0 radical (unpaired) electrons. The molecule has 0 saturated heterocycles. The number of ketones is 1. The second-order valence-electron chi connectivity index (χ2n) is 2.22. The van der Waals surface area contributed by atoms with Gasteiger partial charge in [0.15, 0.2) is 0 Å². The van der Waals surface area contributed by atoms with E-state index in [9.17, 15) is 4.79 Å². The van der Waals surface area contributed by atoms with Crippen LogP contribution in [0.4, 0.5) is 0 Å². The average molecular weight is 110 g/mol. The van der Waals surface area contributed by atoms with Crippen LogP contribution in [0.15, 0.2) is 12.2 Å². The highest BCUT2D eigenvalue weighted by Crippen LogP contribution is 2.16. The Kier molecular flexibility index (Phi) is 1.47. The standard InChI is InChI=1S/C7H10O/c1-6(8)7-4-2-3-5-7/h2,4,7H,3,5H2,1H3/t7-/m1/s1. The first kappa shape index (κ1) is 5.54. The van der Waals surface area contributed by atoms with Gasteiger partial charge in [-0.15, -0.1) is 0 Å². The van der Waals surface area contributed by atoms with Crippen LogP contribution >= 0.6 is 0 Å². The number of hydrogen-bond donors (Lipinski definition) is 0. The van der Waals surface area contributed by atoms with E-state index in [-0.39, 0.29) is 5.92 Å². The first-order chi connectivity index (χ1) is 3.80. The molecule has 0 fully saturated rings. The van der Waals surface area contributed by atoms with Gasteiger partial charge in [0, 0.05) is 5.92 Å². The Balaban J connectivity index is 2.48. The fourth-order valence-electron chi connectivity index (χ4n) is 0.971. The second-order valence-corrected chi connectivity index (χ2v) is 2.22. The zero-order valence-corrected chi connectivity index (χ0v) is 5.05. The number of Topliss-reactive ketones (excluding diaryl/α,β-unsaturated/α-hetero) is 1. The van der Waals surface area contributed by atoms with Crippen molar-refractivity contribution in [3.8, 4) is 0 Å². The van der Waals surface area contributed by atoms with Crippen LogP contribution in [0.5, 0.6) is 0 Å². The number of rotatable bonds is 1. The van der Waals surface area contributed by atoms with Gasteiger partial charge in [-0.1, -0.05) is 12.2 Å². The monoisotopic (exact) mass is 110 g/mol. The van der Waals surface area contributed by atoms with Crippen molar-refractivity contribution in [1.82, 2.24) is 0 Å². The van der Waals surface area contributed by atoms with E-state index in [2.05, 4.69) is 6.08 Å². The van der Waals surface area contributed by atoms with Crippen LogP contribution in [0.25, 0.3) is 0 Å². The Morgan fingerprint density at radius 3 is 2.75 bits per heavy atom. The molecule has 1 atom stereocenters. The van der Waals surface area contributed by atoms with E-state index in [0.29, 0.717) is 5.78 Å². The van der Waals surface area contributed by atoms with E-state index < -0.39 is 0 Å². The van der Waals surface area contributed by atoms with E-state index in [1.54, 1.807) is 6.92 Å². The molecule has 0 saturated carbocycles. The van der Waals surface area contributed by atoms with E-state index in [1.807, 2.05) is 6.08 Å². The van der Waals surface area contributed by atoms with Crippen LogP contribution in [0.2, 0.25) is 0 Å². The van der Waals surface area contributed by atoms with Gasteiger partial charge in [0.25, 0.3) is 0 Å². The zero-order valence-electron chi connectivity index (χ0n) is 5.05. The summed E-state index contributed by atoms with van der Waals surface area (Å²) in [6, 6.07) is 0. The normalized spacial score (nSPS) is 26.4. The first-order valence-corrected chi connectivity index (χ1v) is 2.98. The predicted octanol–water partition coefficient (Wildman–Crippen LogP) is 1.54. The fourth-order valence-corrected chi connectivity index (χ4v) is 0.971. The highest BCUT2D eigenvalue weighted by molar-refractivity contribution is 5.80. The Labute approximate surface area is 49.4 Å². The van der Waals surface area contributed by atoms with Crippen LogP contribution < -0.4 is 0 Å². The summed E-state index contributed by atoms with van der Waals surface area (Å²) < 4.78 is 0. The fraction of sp³-hybridized carbons (Fsp3) is 0.571. The molecular formula is C7H10O. The highest BCUT2D eigenvalue weighted by atomic mass is 16.1. The third-order valence-corrected chi connectivity index (χ3v) is 1.53. The van der Waals surface area contributed by atoms with Gasteiger partial charge in [-0.3, -0.25) is 4.79 Å². The van der Waals surface area contributed by atoms with Crippen molar-refractivity contribution in [2.24, 2.45) is 5.92 Å². The molecule has 0 aromatic heterocycles. The maximum atomic E-state index is 10.6. The van der Waals surface area contributed by atoms with Gasteiger partial charge < -0.3 is 0 Å². The van der Waals surface area contributed by atoms with Crippen molar-refractivity contribution in [2.75, 3.05) is 0 Å². The lowest BCUT2D eigenvalue weighted by atomic mass is 10.1. The van der Waals surface area contributed by atoms with Crippen LogP contribution in [0.3, 0.4) is 0 Å². The van der Waals surface area contributed by atoms with Gasteiger partial charge >= 0.3 is 0 Å². The number of hydrogen-bond acceptors (Lipinski definition) is 1. The molecule has 44 valence electrons. The summed E-state index contributed by atoms with van der Waals surface area (Å²) in [6.07, 6.45) is 6.20. The van der Waals surface area contributed by atoms with E-state index in [4.69, 9.17) is 0 Å². The molecule has 1 rings (SSSR count). The topological polar surface area (TPSA) is 17.1 Å². The summed E-state index contributed by atoms with van der Waals surface area (Å²) in [5.74, 6) is 0.550. The van der Waals surface area contributed by atoms with Gasteiger partial charge in [0.1, 0.15) is 5.78 Å². The largest absolute Gasteiger partial charge is 0.299 e. The molecule has 0 N–H and O–H groups in total. The smallest absolute Gasteiger partial charge is 0.136 e. The lowest BCUT2D eigenvalue weighted by Gasteiger charge is -1.97. The van der Waals surface area contributed by atoms with Gasteiger partial charge in [-0.05, 0) is 19.8 Å². The third kappa shape index (κ3) is 0.971. The second kappa shape index (κ2) is 2.12. The summed E-state index contributed by atoms with van der Waals surface area (Å²) in [5.41, 5.74) is 0. The van der Waals surface area contributed by atoms with Crippen molar-refractivity contribution in [1.29, 1.82) is 0 Å². The minimum Gasteiger partial charge on any atom is -0.299 e. The molecule has 1 aliphatic rings. The Bertz CT molecular complexity index is 124. The van der Waals surface area contributed by atoms with Crippen molar-refractivity contribution in [3.63, 3.8) is 0 Å². The van der Waals surface area contributed by atoms with Crippen molar-refractivity contribution >= 4 is 5.78 Å². The maximum Gasteiger partial charge on any atom is 0.136 e. The Morgan fingerprint density at radius 1 is 1.75 bits per heavy atom. The molecule has 0 heterocycles. The summed E-state index contributed by atoms with van der Waals surface area (Å²) in [6.45, 7) is 1.65. The predicted molar refractivity (Wildman–Crippen MR) is 32.5 cm³/mol. The summed E-state index contributed by atoms with van der Waals surface area (Å²) in [4.78, 5) is 10.6. The van der Waals surface area contributed by atoms with E-state index in [0.717, 1.165) is 12.8 Å². The minimum absolute atomic E-state index is 0.245. The number of carbonyl (C=O) groups is 1. The van der Waals surface area contributed by atoms with Gasteiger partial charge in [0.2, 0.25) is 0 Å². The molecule has 0 aromatic rings. The molecule has 0 unspecified atom stereocenters. The Hall–Kier alpha value is -0.590. The number of allylic oxidation sites excluding steroid dienone is 2. The van der Waals surface area contributed by atoms with Gasteiger partial charge in [-0.25, -0.2) is 0 Å². The molecule has 8 heavy (non-hydrogen) atoms. The average Bonchev–Trinajstić information content (AvgIpc) is 2.12. The molecule has 0 aliphatic heterocycles. The lowest BCUT2D eigenvalue weighted by molar-refractivity contribution is -0.119. The molecule has 0 spiro atoms. The number of carbonyl (C=O) groups excluding carboxylic acids is 1. The highest BCUT2D eigenvalue weighted by Gasteiger charge is 2.12. The molecule has 1 aliphatic carbocycles. The molecule has 1 heteroatoms. The molecule has 0 amide bonds. The van der Waals surface area contributed by atoms with Gasteiger partial charge in [0.05, 0.1) is 0 Å². The van der Waals surface area contributed by atoms with Crippen LogP contribution in [0, 0.1) is 5.92 Å².